The molecule has 3 amide bonds. The van der Waals surface area contributed by atoms with Crippen molar-refractivity contribution >= 4 is 11.9 Å². The summed E-state index contributed by atoms with van der Waals surface area (Å²) in [6, 6.07) is 16.1. The second kappa shape index (κ2) is 9.63. The molecule has 2 aromatic rings. The summed E-state index contributed by atoms with van der Waals surface area (Å²) in [5.41, 5.74) is 3.50. The van der Waals surface area contributed by atoms with Gasteiger partial charge in [0.25, 0.3) is 5.91 Å². The number of amides is 3. The number of hydrogen-bond donors (Lipinski definition) is 2. The molecule has 1 saturated heterocycles. The minimum atomic E-state index is -0.615. The zero-order valence-corrected chi connectivity index (χ0v) is 18.1. The number of nitrogens with one attached hydrogen (secondary N) is 1. The van der Waals surface area contributed by atoms with Gasteiger partial charge in [-0.2, -0.15) is 5.26 Å². The van der Waals surface area contributed by atoms with E-state index in [0.29, 0.717) is 12.1 Å². The molecule has 0 saturated carbocycles. The average molecular weight is 421 g/mol. The Bertz CT molecular complexity index is 964. The summed E-state index contributed by atoms with van der Waals surface area (Å²) in [5, 5.41) is 22.3. The van der Waals surface area contributed by atoms with E-state index in [0.717, 1.165) is 23.1 Å². The lowest BCUT2D eigenvalue weighted by molar-refractivity contribution is 0.0169. The van der Waals surface area contributed by atoms with Crippen molar-refractivity contribution in [3.63, 3.8) is 0 Å². The van der Waals surface area contributed by atoms with Crippen molar-refractivity contribution in [1.82, 2.24) is 15.1 Å². The van der Waals surface area contributed by atoms with Gasteiger partial charge in [-0.15, -0.1) is 0 Å². The van der Waals surface area contributed by atoms with Crippen molar-refractivity contribution in [2.45, 2.75) is 31.3 Å². The molecule has 0 aromatic heterocycles. The van der Waals surface area contributed by atoms with Crippen LogP contribution in [0.4, 0.5) is 4.79 Å². The molecule has 0 spiro atoms. The highest BCUT2D eigenvalue weighted by molar-refractivity contribution is 5.94. The normalized spacial score (nSPS) is 19.8. The first kappa shape index (κ1) is 22.3. The molecule has 3 rings (SSSR count). The van der Waals surface area contributed by atoms with Gasteiger partial charge in [-0.25, -0.2) is 4.79 Å². The Hall–Kier alpha value is -3.37. The summed E-state index contributed by atoms with van der Waals surface area (Å²) in [6.45, 7) is 2.29. The lowest BCUT2D eigenvalue weighted by Gasteiger charge is -2.51. The van der Waals surface area contributed by atoms with Gasteiger partial charge in [-0.1, -0.05) is 43.3 Å². The van der Waals surface area contributed by atoms with Crippen molar-refractivity contribution in [1.29, 1.82) is 5.26 Å². The van der Waals surface area contributed by atoms with E-state index in [1.54, 1.807) is 26.2 Å². The van der Waals surface area contributed by atoms with Crippen molar-refractivity contribution in [3.8, 4) is 17.2 Å². The fourth-order valence-corrected chi connectivity index (χ4v) is 3.97. The number of nitrogens with zero attached hydrogens (tertiary/aromatic N) is 3. The van der Waals surface area contributed by atoms with Crippen molar-refractivity contribution in [2.75, 3.05) is 27.2 Å². The smallest absolute Gasteiger partial charge is 0.318 e. The number of nitriles is 1. The second-order valence-corrected chi connectivity index (χ2v) is 7.89. The lowest BCUT2D eigenvalue weighted by atomic mass is 9.76. The topological polar surface area (TPSA) is 96.7 Å². The third-order valence-electron chi connectivity index (χ3n) is 5.66. The molecule has 7 nitrogen and oxygen atoms in total. The summed E-state index contributed by atoms with van der Waals surface area (Å²) in [4.78, 5) is 27.4. The Morgan fingerprint density at radius 1 is 1.10 bits per heavy atom. The molecule has 1 aliphatic heterocycles. The largest absolute Gasteiger partial charge is 0.394 e. The number of rotatable bonds is 6. The molecule has 3 atom stereocenters. The van der Waals surface area contributed by atoms with Gasteiger partial charge < -0.3 is 20.2 Å². The lowest BCUT2D eigenvalue weighted by Crippen LogP contribution is -2.67. The van der Waals surface area contributed by atoms with Crippen LogP contribution in [-0.2, 0) is 0 Å². The van der Waals surface area contributed by atoms with Gasteiger partial charge in [0.2, 0.25) is 0 Å². The number of urea groups is 1. The molecule has 162 valence electrons. The first-order valence-corrected chi connectivity index (χ1v) is 10.4. The second-order valence-electron chi connectivity index (χ2n) is 7.89. The molecule has 0 unspecified atom stereocenters. The molecule has 0 aliphatic carbocycles. The van der Waals surface area contributed by atoms with Crippen LogP contribution < -0.4 is 5.32 Å². The Labute approximate surface area is 182 Å². The van der Waals surface area contributed by atoms with Crippen LogP contribution in [0.2, 0.25) is 0 Å². The van der Waals surface area contributed by atoms with Crippen LogP contribution in [0.15, 0.2) is 48.5 Å². The highest BCUT2D eigenvalue weighted by Crippen LogP contribution is 2.40. The summed E-state index contributed by atoms with van der Waals surface area (Å²) >= 11 is 0. The van der Waals surface area contributed by atoms with Crippen LogP contribution in [0.1, 0.15) is 35.2 Å². The van der Waals surface area contributed by atoms with Crippen LogP contribution in [0, 0.1) is 11.3 Å². The van der Waals surface area contributed by atoms with Gasteiger partial charge in [0, 0.05) is 32.1 Å². The fraction of sp³-hybridized carbons (Fsp3) is 0.375. The summed E-state index contributed by atoms with van der Waals surface area (Å²) in [6.07, 6.45) is 0.801. The van der Waals surface area contributed by atoms with Crippen LogP contribution >= 0.6 is 0 Å². The first-order chi connectivity index (χ1) is 14.9. The number of aliphatic hydroxyl groups is 1. The third-order valence-corrected chi connectivity index (χ3v) is 5.66. The van der Waals surface area contributed by atoms with Gasteiger partial charge in [-0.05, 0) is 35.2 Å². The predicted molar refractivity (Wildman–Crippen MR) is 118 cm³/mol. The van der Waals surface area contributed by atoms with Gasteiger partial charge in [0.05, 0.1) is 18.7 Å². The van der Waals surface area contributed by atoms with E-state index in [9.17, 15) is 20.0 Å². The van der Waals surface area contributed by atoms with Crippen LogP contribution in [-0.4, -0.2) is 66.2 Å². The Kier molecular flexibility index (Phi) is 6.93. The SMILES string of the molecule is CCCNC(=O)N1[C@@H](C#N)[C@H](c2ccc(-c3ccc(C(=O)N(C)C)cc3)cc2)[C@@H]1CO. The van der Waals surface area contributed by atoms with E-state index in [-0.39, 0.29) is 24.5 Å². The highest BCUT2D eigenvalue weighted by Gasteiger charge is 2.51. The molecule has 1 heterocycles. The summed E-state index contributed by atoms with van der Waals surface area (Å²) < 4.78 is 0. The van der Waals surface area contributed by atoms with Gasteiger partial charge >= 0.3 is 6.03 Å². The first-order valence-electron chi connectivity index (χ1n) is 10.4. The van der Waals surface area contributed by atoms with E-state index < -0.39 is 12.1 Å². The van der Waals surface area contributed by atoms with E-state index in [1.165, 1.54) is 9.80 Å². The van der Waals surface area contributed by atoms with Crippen LogP contribution in [0.25, 0.3) is 11.1 Å². The van der Waals surface area contributed by atoms with Gasteiger partial charge in [0.15, 0.2) is 0 Å². The zero-order chi connectivity index (χ0) is 22.5. The Balaban J connectivity index is 1.77. The maximum absolute atomic E-state index is 12.4. The number of aliphatic hydroxyl groups excluding tert-OH is 1. The maximum atomic E-state index is 12.4. The van der Waals surface area contributed by atoms with Gasteiger partial charge in [-0.3, -0.25) is 4.79 Å². The molecule has 2 N–H and O–H groups in total. The van der Waals surface area contributed by atoms with E-state index in [4.69, 9.17) is 0 Å². The van der Waals surface area contributed by atoms with Crippen LogP contribution in [0.5, 0.6) is 0 Å². The highest BCUT2D eigenvalue weighted by atomic mass is 16.3. The summed E-state index contributed by atoms with van der Waals surface area (Å²) in [7, 11) is 3.44. The molecule has 0 radical (unpaired) electrons. The molecular formula is C24H28N4O3. The maximum Gasteiger partial charge on any atom is 0.318 e. The molecule has 0 bridgehead atoms. The predicted octanol–water partition coefficient (Wildman–Crippen LogP) is 2.83. The number of benzene rings is 2. The van der Waals surface area contributed by atoms with Gasteiger partial charge in [0.1, 0.15) is 6.04 Å². The molecular weight excluding hydrogens is 392 g/mol. The summed E-state index contributed by atoms with van der Waals surface area (Å²) in [5.74, 6) is -0.284. The van der Waals surface area contributed by atoms with Crippen LogP contribution in [0.3, 0.4) is 0 Å². The fourth-order valence-electron chi connectivity index (χ4n) is 3.97. The van der Waals surface area contributed by atoms with Crippen molar-refractivity contribution < 1.29 is 14.7 Å². The zero-order valence-electron chi connectivity index (χ0n) is 18.1. The Morgan fingerprint density at radius 2 is 1.68 bits per heavy atom. The quantitative estimate of drug-likeness (QED) is 0.751. The minimum Gasteiger partial charge on any atom is -0.394 e. The van der Waals surface area contributed by atoms with Crippen molar-refractivity contribution in [3.05, 3.63) is 59.7 Å². The number of hydrogen-bond acceptors (Lipinski definition) is 4. The van der Waals surface area contributed by atoms with E-state index in [2.05, 4.69) is 11.4 Å². The number of likely N-dealkylation sites (tertiary alicyclic amines) is 1. The molecule has 1 aliphatic rings. The van der Waals surface area contributed by atoms with E-state index in [1.807, 2.05) is 43.3 Å². The van der Waals surface area contributed by atoms with Crippen molar-refractivity contribution in [2.24, 2.45) is 0 Å². The van der Waals surface area contributed by atoms with E-state index >= 15 is 0 Å². The number of carbonyl (C=O) groups is 2. The molecule has 1 fully saturated rings. The molecule has 31 heavy (non-hydrogen) atoms. The monoisotopic (exact) mass is 420 g/mol. The minimum absolute atomic E-state index is 0.0444. The number of carbonyl (C=O) groups excluding carboxylic acids is 2. The molecule has 2 aromatic carbocycles. The third kappa shape index (κ3) is 4.39. The Morgan fingerprint density at radius 3 is 2.16 bits per heavy atom. The average Bonchev–Trinajstić information content (AvgIpc) is 2.77. The molecule has 7 heteroatoms. The standard InChI is InChI=1S/C24H28N4O3/c1-4-13-26-24(31)28-20(14-25)22(21(28)15-29)18-9-5-16(6-10-18)17-7-11-19(12-8-17)23(30)27(2)3/h5-12,20-22,29H,4,13,15H2,1-3H3,(H,26,31)/t20-,21-,22-/m0/s1.